The fourth-order valence-corrected chi connectivity index (χ4v) is 2.86. The SMILES string of the molecule is O=Cc1cc(-c2cc(C=O)c3ccccc3n2)nc2ccccc12. The van der Waals surface area contributed by atoms with Crippen molar-refractivity contribution in [1.82, 2.24) is 9.97 Å². The summed E-state index contributed by atoms with van der Waals surface area (Å²) in [6, 6.07) is 18.3. The minimum absolute atomic E-state index is 0.554. The Hall–Kier alpha value is -3.40. The van der Waals surface area contributed by atoms with E-state index in [4.69, 9.17) is 0 Å². The molecule has 0 bridgehead atoms. The zero-order valence-corrected chi connectivity index (χ0v) is 12.6. The molecule has 4 nitrogen and oxygen atoms in total. The summed E-state index contributed by atoms with van der Waals surface area (Å²) >= 11 is 0. The van der Waals surface area contributed by atoms with Gasteiger partial charge in [-0.05, 0) is 24.3 Å². The van der Waals surface area contributed by atoms with Crippen LogP contribution in [0.5, 0.6) is 0 Å². The number of aldehydes is 2. The number of rotatable bonds is 3. The van der Waals surface area contributed by atoms with Gasteiger partial charge in [0.05, 0.1) is 22.4 Å². The van der Waals surface area contributed by atoms with E-state index in [1.807, 2.05) is 48.5 Å². The van der Waals surface area contributed by atoms with Gasteiger partial charge in [0, 0.05) is 21.9 Å². The van der Waals surface area contributed by atoms with Crippen LogP contribution in [-0.4, -0.2) is 22.5 Å². The van der Waals surface area contributed by atoms with Crippen LogP contribution >= 0.6 is 0 Å². The van der Waals surface area contributed by atoms with Crippen LogP contribution in [0.1, 0.15) is 20.7 Å². The molecule has 0 aliphatic heterocycles. The number of carbonyl (C=O) groups excluding carboxylic acids is 2. The van der Waals surface area contributed by atoms with Crippen LogP contribution in [0, 0.1) is 0 Å². The van der Waals surface area contributed by atoms with Crippen molar-refractivity contribution >= 4 is 34.4 Å². The van der Waals surface area contributed by atoms with Gasteiger partial charge >= 0.3 is 0 Å². The molecule has 2 aromatic carbocycles. The van der Waals surface area contributed by atoms with Crippen molar-refractivity contribution < 1.29 is 9.59 Å². The normalized spacial score (nSPS) is 10.8. The van der Waals surface area contributed by atoms with Gasteiger partial charge in [-0.25, -0.2) is 9.97 Å². The summed E-state index contributed by atoms with van der Waals surface area (Å²) in [4.78, 5) is 32.1. The summed E-state index contributed by atoms with van der Waals surface area (Å²) < 4.78 is 0. The first kappa shape index (κ1) is 14.2. The summed E-state index contributed by atoms with van der Waals surface area (Å²) in [5, 5.41) is 1.60. The molecule has 0 aliphatic carbocycles. The molecule has 0 amide bonds. The van der Waals surface area contributed by atoms with Crippen LogP contribution in [0.25, 0.3) is 33.2 Å². The second-order valence-corrected chi connectivity index (χ2v) is 5.46. The van der Waals surface area contributed by atoms with Gasteiger partial charge in [-0.15, -0.1) is 0 Å². The second-order valence-electron chi connectivity index (χ2n) is 5.46. The first-order valence-corrected chi connectivity index (χ1v) is 7.50. The zero-order chi connectivity index (χ0) is 16.5. The third-order valence-electron chi connectivity index (χ3n) is 4.01. The molecule has 2 aromatic heterocycles. The molecule has 0 saturated carbocycles. The quantitative estimate of drug-likeness (QED) is 0.535. The Bertz CT molecular complexity index is 1010. The number of carbonyl (C=O) groups is 2. The lowest BCUT2D eigenvalue weighted by atomic mass is 10.0. The minimum Gasteiger partial charge on any atom is -0.298 e. The summed E-state index contributed by atoms with van der Waals surface area (Å²) in [5.74, 6) is 0. The number of hydrogen-bond donors (Lipinski definition) is 0. The molecule has 0 atom stereocenters. The van der Waals surface area contributed by atoms with Crippen molar-refractivity contribution in [1.29, 1.82) is 0 Å². The number of para-hydroxylation sites is 2. The highest BCUT2D eigenvalue weighted by molar-refractivity contribution is 6.00. The van der Waals surface area contributed by atoms with Crippen LogP contribution in [0.15, 0.2) is 60.7 Å². The van der Waals surface area contributed by atoms with Crippen molar-refractivity contribution in [2.75, 3.05) is 0 Å². The van der Waals surface area contributed by atoms with E-state index in [1.54, 1.807) is 12.1 Å². The molecule has 0 unspecified atom stereocenters. The average molecular weight is 312 g/mol. The molecule has 24 heavy (non-hydrogen) atoms. The van der Waals surface area contributed by atoms with Crippen molar-refractivity contribution in [2.45, 2.75) is 0 Å². The predicted molar refractivity (Wildman–Crippen MR) is 93.3 cm³/mol. The Morgan fingerprint density at radius 2 is 1.04 bits per heavy atom. The Kier molecular flexibility index (Phi) is 3.35. The molecule has 0 saturated heterocycles. The Labute approximate surface area is 137 Å². The third-order valence-corrected chi connectivity index (χ3v) is 4.01. The van der Waals surface area contributed by atoms with Crippen LogP contribution in [0.2, 0.25) is 0 Å². The molecule has 0 aliphatic rings. The summed E-state index contributed by atoms with van der Waals surface area (Å²) in [7, 11) is 0. The second kappa shape index (κ2) is 5.66. The molecule has 0 fully saturated rings. The number of nitrogens with zero attached hydrogens (tertiary/aromatic N) is 2. The van der Waals surface area contributed by atoms with E-state index < -0.39 is 0 Å². The standard InChI is InChI=1S/C20H12N2O2/c23-11-13-9-19(21-17-7-3-1-5-15(13)17)20-10-14(12-24)16-6-2-4-8-18(16)22-20/h1-12H. The summed E-state index contributed by atoms with van der Waals surface area (Å²) in [6.07, 6.45) is 1.63. The van der Waals surface area contributed by atoms with E-state index in [1.165, 1.54) is 0 Å². The lowest BCUT2D eigenvalue weighted by molar-refractivity contribution is 0.111. The minimum atomic E-state index is 0.554. The van der Waals surface area contributed by atoms with E-state index in [0.29, 0.717) is 22.5 Å². The molecule has 4 rings (SSSR count). The third kappa shape index (κ3) is 2.25. The van der Waals surface area contributed by atoms with Gasteiger partial charge in [-0.1, -0.05) is 36.4 Å². The highest BCUT2D eigenvalue weighted by Gasteiger charge is 2.11. The van der Waals surface area contributed by atoms with Gasteiger partial charge in [-0.2, -0.15) is 0 Å². The topological polar surface area (TPSA) is 59.9 Å². The van der Waals surface area contributed by atoms with Gasteiger partial charge in [-0.3, -0.25) is 9.59 Å². The first-order chi connectivity index (χ1) is 11.8. The number of pyridine rings is 2. The first-order valence-electron chi connectivity index (χ1n) is 7.50. The smallest absolute Gasteiger partial charge is 0.150 e. The van der Waals surface area contributed by atoms with E-state index in [-0.39, 0.29) is 0 Å². The highest BCUT2D eigenvalue weighted by atomic mass is 16.1. The lowest BCUT2D eigenvalue weighted by Crippen LogP contribution is -1.96. The molecule has 4 heteroatoms. The van der Waals surface area contributed by atoms with Crippen molar-refractivity contribution in [3.8, 4) is 11.4 Å². The fourth-order valence-electron chi connectivity index (χ4n) is 2.86. The largest absolute Gasteiger partial charge is 0.298 e. The molecular formula is C20H12N2O2. The molecule has 4 aromatic rings. The lowest BCUT2D eigenvalue weighted by Gasteiger charge is -2.08. The van der Waals surface area contributed by atoms with E-state index in [0.717, 1.165) is 34.4 Å². The molecule has 0 spiro atoms. The van der Waals surface area contributed by atoms with Gasteiger partial charge in [0.1, 0.15) is 0 Å². The molecule has 2 heterocycles. The van der Waals surface area contributed by atoms with Crippen molar-refractivity contribution in [2.24, 2.45) is 0 Å². The van der Waals surface area contributed by atoms with E-state index >= 15 is 0 Å². The number of benzene rings is 2. The maximum atomic E-state index is 11.4. The van der Waals surface area contributed by atoms with Crippen LogP contribution < -0.4 is 0 Å². The monoisotopic (exact) mass is 312 g/mol. The number of hydrogen-bond acceptors (Lipinski definition) is 4. The number of fused-ring (bicyclic) bond motifs is 2. The Morgan fingerprint density at radius 1 is 0.625 bits per heavy atom. The van der Waals surface area contributed by atoms with Gasteiger partial charge < -0.3 is 0 Å². The summed E-state index contributed by atoms with van der Waals surface area (Å²) in [6.45, 7) is 0. The molecule has 114 valence electrons. The van der Waals surface area contributed by atoms with E-state index in [2.05, 4.69) is 9.97 Å². The Balaban J connectivity index is 2.02. The molecule has 0 radical (unpaired) electrons. The Morgan fingerprint density at radius 3 is 1.46 bits per heavy atom. The van der Waals surface area contributed by atoms with Crippen molar-refractivity contribution in [3.63, 3.8) is 0 Å². The number of aromatic nitrogens is 2. The maximum Gasteiger partial charge on any atom is 0.150 e. The van der Waals surface area contributed by atoms with Crippen molar-refractivity contribution in [3.05, 3.63) is 71.8 Å². The van der Waals surface area contributed by atoms with Gasteiger partial charge in [0.15, 0.2) is 12.6 Å². The average Bonchev–Trinajstić information content (AvgIpc) is 2.66. The maximum absolute atomic E-state index is 11.4. The van der Waals surface area contributed by atoms with Gasteiger partial charge in [0.25, 0.3) is 0 Å². The van der Waals surface area contributed by atoms with Gasteiger partial charge in [0.2, 0.25) is 0 Å². The fraction of sp³-hybridized carbons (Fsp3) is 0. The predicted octanol–water partition coefficient (Wildman–Crippen LogP) is 4.08. The van der Waals surface area contributed by atoms with Crippen LogP contribution in [-0.2, 0) is 0 Å². The molecule has 0 N–H and O–H groups in total. The summed E-state index contributed by atoms with van der Waals surface area (Å²) in [5.41, 5.74) is 3.70. The highest BCUT2D eigenvalue weighted by Crippen LogP contribution is 2.26. The van der Waals surface area contributed by atoms with Crippen LogP contribution in [0.4, 0.5) is 0 Å². The molecular weight excluding hydrogens is 300 g/mol. The van der Waals surface area contributed by atoms with Crippen LogP contribution in [0.3, 0.4) is 0 Å². The van der Waals surface area contributed by atoms with E-state index in [9.17, 15) is 9.59 Å². The zero-order valence-electron chi connectivity index (χ0n) is 12.6.